The second-order valence-corrected chi connectivity index (χ2v) is 18.8. The predicted octanol–water partition coefficient (Wildman–Crippen LogP) is -2.46. The standard InChI is InChI=1S/C51H60IN10O15/c1-4-16-54-42(63)29-73-22-20-72-21-23-74-30-43(64)58-31(3)45(65)61-40(11-8-17-55-49(53)69)46(66)59-33-14-12-32(13-15-33)27-76-50(70)56-18-19-77-52-57-25-35-34-9-6-7-10-39(34)60-44-36(35)26-62-41(44)24-38-37(47(62)67)28-75-48(68)51(38,71)5-2/h1,6-7,9-10,12-15,24-25,31,40,71H,5,8,11,16-23,26-30H2,2-3H3,(H,54,63)(H,56,70)(H,58,64)(H,59,66)(H,61,65)(H3,53,55,69)/q-1/t31-,40-,51-/m0/s1. The number of rotatable bonds is 29. The topological polar surface area (TPSA) is 341 Å². The number of halogens is 1. The Bertz CT molecular complexity index is 2930. The van der Waals surface area contributed by atoms with Crippen LogP contribution in [-0.4, -0.2) is 141 Å². The molecule has 0 saturated carbocycles. The van der Waals surface area contributed by atoms with E-state index in [9.17, 15) is 43.5 Å². The van der Waals surface area contributed by atoms with Crippen molar-refractivity contribution < 1.29 is 87.3 Å². The van der Waals surface area contributed by atoms with Gasteiger partial charge in [0, 0.05) is 6.54 Å². The first-order valence-corrected chi connectivity index (χ1v) is 26.2. The van der Waals surface area contributed by atoms with Crippen LogP contribution in [0.1, 0.15) is 60.9 Å². The number of carbonyl (C=O) groups excluding carboxylic acids is 7. The number of aliphatic hydroxyl groups is 1. The monoisotopic (exact) mass is 1180 g/mol. The van der Waals surface area contributed by atoms with Gasteiger partial charge in [-0.15, -0.1) is 6.42 Å². The number of terminal acetylenes is 1. The van der Waals surface area contributed by atoms with Crippen LogP contribution in [0.5, 0.6) is 0 Å². The molecule has 77 heavy (non-hydrogen) atoms. The van der Waals surface area contributed by atoms with Gasteiger partial charge in [-0.25, -0.2) is 4.79 Å². The van der Waals surface area contributed by atoms with Gasteiger partial charge in [-0.1, -0.05) is 5.92 Å². The minimum absolute atomic E-state index is 0.0284. The maximum atomic E-state index is 13.7. The van der Waals surface area contributed by atoms with E-state index < -0.39 is 75.4 Å². The average molecular weight is 1180 g/mol. The van der Waals surface area contributed by atoms with Crippen molar-refractivity contribution in [2.24, 2.45) is 8.94 Å². The van der Waals surface area contributed by atoms with Gasteiger partial charge < -0.3 is 41.2 Å². The number of nitrogens with zero attached hydrogens (tertiary/aromatic N) is 3. The Morgan fingerprint density at radius 2 is 1.66 bits per heavy atom. The van der Waals surface area contributed by atoms with Crippen LogP contribution >= 0.6 is 0 Å². The number of hydrogen-bond acceptors (Lipinski definition) is 17. The normalized spacial score (nSPS) is 15.0. The second-order valence-electron chi connectivity index (χ2n) is 17.3. The number of hydrogen-bond donors (Lipinski definition) is 8. The Morgan fingerprint density at radius 3 is 2.39 bits per heavy atom. The Hall–Kier alpha value is -7.55. The number of amides is 7. The summed E-state index contributed by atoms with van der Waals surface area (Å²) in [5.74, 6) is -0.677. The summed E-state index contributed by atoms with van der Waals surface area (Å²) in [4.78, 5) is 105. The molecule has 7 amide bonds. The Morgan fingerprint density at radius 1 is 0.935 bits per heavy atom. The van der Waals surface area contributed by atoms with Crippen LogP contribution < -0.4 is 65.1 Å². The number of fused-ring (bicyclic) bond motifs is 5. The Kier molecular flexibility index (Phi) is 22.2. The molecule has 4 aromatic rings. The summed E-state index contributed by atoms with van der Waals surface area (Å²) < 4.78 is 38.3. The first-order valence-electron chi connectivity index (χ1n) is 24.4. The summed E-state index contributed by atoms with van der Waals surface area (Å²) in [5.41, 5.74) is 7.50. The van der Waals surface area contributed by atoms with Crippen molar-refractivity contribution in [1.29, 1.82) is 0 Å². The van der Waals surface area contributed by atoms with Crippen LogP contribution in [0.3, 0.4) is 0 Å². The molecule has 4 heterocycles. The Balaban J connectivity index is 0.907. The van der Waals surface area contributed by atoms with E-state index in [1.54, 1.807) is 48.0 Å². The molecule has 3 atom stereocenters. The zero-order valence-electron chi connectivity index (χ0n) is 42.3. The van der Waals surface area contributed by atoms with Crippen molar-refractivity contribution in [2.75, 3.05) is 71.2 Å². The zero-order valence-corrected chi connectivity index (χ0v) is 44.4. The maximum absolute atomic E-state index is 13.7. The van der Waals surface area contributed by atoms with Crippen LogP contribution in [0.4, 0.5) is 15.3 Å². The molecule has 2 aromatic carbocycles. The number of urea groups is 1. The van der Waals surface area contributed by atoms with Gasteiger partial charge in [-0.05, 0) is 19.8 Å². The summed E-state index contributed by atoms with van der Waals surface area (Å²) in [6, 6.07) is 12.7. The van der Waals surface area contributed by atoms with Gasteiger partial charge in [0.25, 0.3) is 0 Å². The summed E-state index contributed by atoms with van der Waals surface area (Å²) in [7, 11) is 0. The molecule has 2 aliphatic rings. The van der Waals surface area contributed by atoms with Gasteiger partial charge in [0.2, 0.25) is 23.6 Å². The molecule has 6 rings (SSSR count). The van der Waals surface area contributed by atoms with Gasteiger partial charge in [0.15, 0.2) is 0 Å². The number of benzene rings is 2. The molecular weight excluding hydrogens is 1120 g/mol. The van der Waals surface area contributed by atoms with E-state index in [2.05, 4.69) is 41.0 Å². The number of nitrogens with one attached hydrogen (secondary N) is 6. The average Bonchev–Trinajstić information content (AvgIpc) is 4.07. The zero-order chi connectivity index (χ0) is 55.3. The minimum atomic E-state index is -1.95. The first kappa shape index (κ1) is 58.7. The number of primary amides is 1. The third-order valence-corrected chi connectivity index (χ3v) is 13.1. The van der Waals surface area contributed by atoms with Gasteiger partial charge in [-0.3, -0.25) is 19.2 Å². The van der Waals surface area contributed by atoms with E-state index in [0.29, 0.717) is 28.2 Å². The molecule has 0 spiro atoms. The quantitative estimate of drug-likeness (QED) is 0.00809. The third-order valence-electron chi connectivity index (χ3n) is 11.9. The van der Waals surface area contributed by atoms with Crippen molar-refractivity contribution in [3.8, 4) is 23.7 Å². The van der Waals surface area contributed by atoms with Crippen molar-refractivity contribution in [2.45, 2.75) is 70.6 Å². The molecule has 26 heteroatoms. The number of carbonyl (C=O) groups is 7. The van der Waals surface area contributed by atoms with Gasteiger partial charge >= 0.3 is 269 Å². The second kappa shape index (κ2) is 29.1. The van der Waals surface area contributed by atoms with Gasteiger partial charge in [0.05, 0.1) is 33.0 Å². The molecule has 0 fully saturated rings. The molecule has 412 valence electrons. The fourth-order valence-electron chi connectivity index (χ4n) is 7.94. The van der Waals surface area contributed by atoms with Crippen molar-refractivity contribution in [3.63, 3.8) is 0 Å². The number of cyclic esters (lactones) is 1. The number of alkyl carbamates (subject to hydrolysis) is 1. The predicted molar refractivity (Wildman–Crippen MR) is 272 cm³/mol. The molecule has 0 radical (unpaired) electrons. The number of esters is 1. The number of pyridine rings is 2. The molecule has 0 saturated heterocycles. The van der Waals surface area contributed by atoms with Crippen LogP contribution in [0.2, 0.25) is 0 Å². The summed E-state index contributed by atoms with van der Waals surface area (Å²) in [6.45, 7) is 3.52. The van der Waals surface area contributed by atoms with E-state index in [1.807, 2.05) is 24.3 Å². The molecule has 2 aliphatic heterocycles. The van der Waals surface area contributed by atoms with Crippen LogP contribution in [0, 0.1) is 12.3 Å². The van der Waals surface area contributed by atoms with Crippen LogP contribution in [0.25, 0.3) is 22.3 Å². The number of ether oxygens (including phenoxy) is 5. The van der Waals surface area contributed by atoms with Crippen LogP contribution in [-0.2, 0) is 76.1 Å². The van der Waals surface area contributed by atoms with E-state index in [-0.39, 0.29) is 127 Å². The molecule has 2 aromatic heterocycles. The SMILES string of the molecule is C#CCNC(=O)COCCOCCOCC(=O)N[C@@H](C)C(=O)N[C@@H](CCCNC(N)=O)C(=O)Nc1ccc(COC(=O)NCCO[I-]N=Cc2c3c(nc4ccccc24)-c2cc4c(c(=O)n2C3)COC(=O)[C@]4(O)CC)cc1. The molecule has 9 N–H and O–H groups in total. The summed E-state index contributed by atoms with van der Waals surface area (Å²) in [6.07, 6.45) is 6.49. The number of para-hydroxylation sites is 1. The number of anilines is 1. The number of aromatic nitrogens is 2. The molecule has 0 bridgehead atoms. The Labute approximate surface area is 453 Å². The third kappa shape index (κ3) is 16.5. The fourth-order valence-corrected chi connectivity index (χ4v) is 8.91. The van der Waals surface area contributed by atoms with E-state index in [4.69, 9.17) is 43.9 Å². The molecule has 0 unspecified atom stereocenters. The van der Waals surface area contributed by atoms with Crippen molar-refractivity contribution >= 4 is 64.5 Å². The van der Waals surface area contributed by atoms with E-state index in [0.717, 1.165) is 16.5 Å². The first-order chi connectivity index (χ1) is 37.1. The molecule has 0 aliphatic carbocycles. The molecule has 25 nitrogen and oxygen atoms in total. The van der Waals surface area contributed by atoms with Crippen LogP contribution in [0.15, 0.2) is 62.6 Å². The van der Waals surface area contributed by atoms with Gasteiger partial charge in [-0.2, -0.15) is 0 Å². The van der Waals surface area contributed by atoms with Crippen molar-refractivity contribution in [1.82, 2.24) is 36.1 Å². The van der Waals surface area contributed by atoms with E-state index >= 15 is 0 Å². The number of nitrogens with two attached hydrogens (primary N) is 1. The fraction of sp³-hybridized carbons (Fsp3) is 0.412. The van der Waals surface area contributed by atoms with E-state index in [1.165, 1.54) is 6.92 Å². The summed E-state index contributed by atoms with van der Waals surface area (Å²) >= 11 is -1.18. The van der Waals surface area contributed by atoms with Gasteiger partial charge in [0.1, 0.15) is 25.3 Å². The molecular formula is C51H60IN10O15-. The summed E-state index contributed by atoms with van der Waals surface area (Å²) in [5, 5.41) is 27.5. The van der Waals surface area contributed by atoms with Crippen molar-refractivity contribution in [3.05, 3.63) is 92.8 Å².